The first kappa shape index (κ1) is 12.6. The number of carboxylic acid groups (broad SMARTS) is 1. The van der Waals surface area contributed by atoms with Gasteiger partial charge >= 0.3 is 5.97 Å². The van der Waals surface area contributed by atoms with Crippen LogP contribution in [0.3, 0.4) is 0 Å². The summed E-state index contributed by atoms with van der Waals surface area (Å²) in [6, 6.07) is 7.50. The molecular weight excluding hydrogens is 232 g/mol. The third kappa shape index (κ3) is 2.09. The Bertz CT molecular complexity index is 587. The van der Waals surface area contributed by atoms with Crippen molar-refractivity contribution in [3.8, 4) is 0 Å². The maximum atomic E-state index is 11.0. The fourth-order valence-electron chi connectivity index (χ4n) is 1.95. The largest absolute Gasteiger partial charge is 0.479 e. The van der Waals surface area contributed by atoms with Gasteiger partial charge in [0.1, 0.15) is 5.82 Å². The molecule has 96 valence electrons. The van der Waals surface area contributed by atoms with E-state index < -0.39 is 11.6 Å². The molecule has 1 unspecified atom stereocenters. The standard InChI is InChI=1S/C13H16N2O3/c1-3-11-14-9-6-4-5-7-10(9)15(11)8-13(2,18)12(16)17/h4-7,18H,3,8H2,1-2H3,(H,16,17). The van der Waals surface area contributed by atoms with Crippen LogP contribution in [0.25, 0.3) is 11.0 Å². The number of aromatic nitrogens is 2. The van der Waals surface area contributed by atoms with Crippen LogP contribution in [0.4, 0.5) is 0 Å². The zero-order valence-electron chi connectivity index (χ0n) is 10.4. The lowest BCUT2D eigenvalue weighted by Gasteiger charge is -2.20. The third-order valence-electron chi connectivity index (χ3n) is 2.98. The van der Waals surface area contributed by atoms with Crippen molar-refractivity contribution >= 4 is 17.0 Å². The van der Waals surface area contributed by atoms with Crippen LogP contribution in [-0.4, -0.2) is 31.3 Å². The highest BCUT2D eigenvalue weighted by Gasteiger charge is 2.31. The van der Waals surface area contributed by atoms with Crippen molar-refractivity contribution in [2.45, 2.75) is 32.4 Å². The average Bonchev–Trinajstić information content (AvgIpc) is 2.67. The van der Waals surface area contributed by atoms with Gasteiger partial charge in [0.2, 0.25) is 0 Å². The molecule has 0 aliphatic rings. The molecule has 1 aromatic carbocycles. The molecule has 0 saturated carbocycles. The van der Waals surface area contributed by atoms with Gasteiger partial charge in [0.05, 0.1) is 17.6 Å². The molecule has 1 aromatic heterocycles. The zero-order valence-corrected chi connectivity index (χ0v) is 10.4. The number of fused-ring (bicyclic) bond motifs is 1. The Morgan fingerprint density at radius 3 is 2.72 bits per heavy atom. The molecule has 0 amide bonds. The molecule has 0 radical (unpaired) electrons. The van der Waals surface area contributed by atoms with Crippen LogP contribution in [-0.2, 0) is 17.8 Å². The third-order valence-corrected chi connectivity index (χ3v) is 2.98. The summed E-state index contributed by atoms with van der Waals surface area (Å²) in [6.07, 6.45) is 0.685. The fourth-order valence-corrected chi connectivity index (χ4v) is 1.95. The maximum Gasteiger partial charge on any atom is 0.337 e. The van der Waals surface area contributed by atoms with Crippen molar-refractivity contribution in [1.82, 2.24) is 9.55 Å². The van der Waals surface area contributed by atoms with Gasteiger partial charge in [-0.25, -0.2) is 9.78 Å². The number of aliphatic carboxylic acids is 1. The zero-order chi connectivity index (χ0) is 13.3. The number of nitrogens with zero attached hydrogens (tertiary/aromatic N) is 2. The quantitative estimate of drug-likeness (QED) is 0.858. The summed E-state index contributed by atoms with van der Waals surface area (Å²) < 4.78 is 1.77. The van der Waals surface area contributed by atoms with Crippen LogP contribution in [0, 0.1) is 0 Å². The summed E-state index contributed by atoms with van der Waals surface area (Å²) in [5.41, 5.74) is -0.140. The number of imidazole rings is 1. The summed E-state index contributed by atoms with van der Waals surface area (Å²) in [4.78, 5) is 15.4. The molecule has 18 heavy (non-hydrogen) atoms. The van der Waals surface area contributed by atoms with Crippen molar-refractivity contribution in [2.75, 3.05) is 0 Å². The number of rotatable bonds is 4. The van der Waals surface area contributed by atoms with E-state index in [0.29, 0.717) is 6.42 Å². The van der Waals surface area contributed by atoms with Crippen molar-refractivity contribution in [2.24, 2.45) is 0 Å². The Balaban J connectivity index is 2.52. The van der Waals surface area contributed by atoms with Crippen molar-refractivity contribution in [1.29, 1.82) is 0 Å². The number of carboxylic acids is 1. The van der Waals surface area contributed by atoms with Gasteiger partial charge in [-0.3, -0.25) is 0 Å². The topological polar surface area (TPSA) is 75.3 Å². The fraction of sp³-hybridized carbons (Fsp3) is 0.385. The van der Waals surface area contributed by atoms with E-state index in [4.69, 9.17) is 5.11 Å². The van der Waals surface area contributed by atoms with Crippen LogP contribution in [0.2, 0.25) is 0 Å². The predicted molar refractivity (Wildman–Crippen MR) is 67.4 cm³/mol. The summed E-state index contributed by atoms with van der Waals surface area (Å²) in [6.45, 7) is 3.24. The molecule has 2 N–H and O–H groups in total. The minimum atomic E-state index is -1.80. The van der Waals surface area contributed by atoms with E-state index in [1.165, 1.54) is 6.92 Å². The van der Waals surface area contributed by atoms with Gasteiger partial charge in [0, 0.05) is 6.42 Å². The van der Waals surface area contributed by atoms with Gasteiger partial charge in [-0.15, -0.1) is 0 Å². The first-order valence-corrected chi connectivity index (χ1v) is 5.85. The van der Waals surface area contributed by atoms with Crippen LogP contribution in [0.15, 0.2) is 24.3 Å². The number of para-hydroxylation sites is 2. The van der Waals surface area contributed by atoms with E-state index in [1.807, 2.05) is 31.2 Å². The first-order valence-electron chi connectivity index (χ1n) is 5.85. The summed E-state index contributed by atoms with van der Waals surface area (Å²) in [7, 11) is 0. The maximum absolute atomic E-state index is 11.0. The molecule has 0 spiro atoms. The lowest BCUT2D eigenvalue weighted by atomic mass is 10.1. The van der Waals surface area contributed by atoms with Crippen LogP contribution < -0.4 is 0 Å². The van der Waals surface area contributed by atoms with E-state index in [0.717, 1.165) is 16.9 Å². The predicted octanol–water partition coefficient (Wildman–Crippen LogP) is 1.43. The normalized spacial score (nSPS) is 14.6. The Kier molecular flexibility index (Phi) is 3.09. The van der Waals surface area contributed by atoms with Crippen LogP contribution in [0.1, 0.15) is 19.7 Å². The molecule has 1 atom stereocenters. The summed E-state index contributed by atoms with van der Waals surface area (Å²) in [5.74, 6) is -0.458. The Morgan fingerprint density at radius 1 is 1.44 bits per heavy atom. The van der Waals surface area contributed by atoms with E-state index in [2.05, 4.69) is 4.98 Å². The molecule has 0 aliphatic carbocycles. The minimum absolute atomic E-state index is 0.00792. The van der Waals surface area contributed by atoms with E-state index in [9.17, 15) is 9.90 Å². The minimum Gasteiger partial charge on any atom is -0.479 e. The summed E-state index contributed by atoms with van der Waals surface area (Å²) in [5, 5.41) is 18.9. The molecular formula is C13H16N2O3. The highest BCUT2D eigenvalue weighted by Crippen LogP contribution is 2.19. The molecule has 0 saturated heterocycles. The molecule has 5 nitrogen and oxygen atoms in total. The molecule has 2 rings (SSSR count). The first-order chi connectivity index (χ1) is 8.45. The van der Waals surface area contributed by atoms with Gasteiger partial charge in [0.25, 0.3) is 0 Å². The smallest absolute Gasteiger partial charge is 0.337 e. The highest BCUT2D eigenvalue weighted by atomic mass is 16.4. The Labute approximate surface area is 105 Å². The van der Waals surface area contributed by atoms with Gasteiger partial charge in [-0.05, 0) is 19.1 Å². The number of aliphatic hydroxyl groups is 1. The highest BCUT2D eigenvalue weighted by molar-refractivity contribution is 5.78. The molecule has 0 fully saturated rings. The molecule has 0 bridgehead atoms. The number of hydrogen-bond donors (Lipinski definition) is 2. The van der Waals surface area contributed by atoms with Gasteiger partial charge in [-0.1, -0.05) is 19.1 Å². The molecule has 2 aromatic rings. The lowest BCUT2D eigenvalue weighted by molar-refractivity contribution is -0.157. The molecule has 0 aliphatic heterocycles. The second-order valence-electron chi connectivity index (χ2n) is 4.54. The molecule has 1 heterocycles. The van der Waals surface area contributed by atoms with E-state index in [1.54, 1.807) is 4.57 Å². The van der Waals surface area contributed by atoms with Gasteiger partial charge in [0.15, 0.2) is 5.60 Å². The van der Waals surface area contributed by atoms with Crippen LogP contribution in [0.5, 0.6) is 0 Å². The number of aryl methyl sites for hydroxylation is 1. The molecule has 5 heteroatoms. The van der Waals surface area contributed by atoms with Gasteiger partial charge < -0.3 is 14.8 Å². The van der Waals surface area contributed by atoms with Crippen molar-refractivity contribution in [3.05, 3.63) is 30.1 Å². The SMILES string of the molecule is CCc1nc2ccccc2n1CC(C)(O)C(=O)O. The second-order valence-corrected chi connectivity index (χ2v) is 4.54. The Hall–Kier alpha value is -1.88. The number of carbonyl (C=O) groups is 1. The summed E-state index contributed by atoms with van der Waals surface area (Å²) >= 11 is 0. The monoisotopic (exact) mass is 248 g/mol. The number of benzene rings is 1. The van der Waals surface area contributed by atoms with Gasteiger partial charge in [-0.2, -0.15) is 0 Å². The van der Waals surface area contributed by atoms with Crippen molar-refractivity contribution in [3.63, 3.8) is 0 Å². The van der Waals surface area contributed by atoms with E-state index >= 15 is 0 Å². The second kappa shape index (κ2) is 4.42. The van der Waals surface area contributed by atoms with Crippen molar-refractivity contribution < 1.29 is 15.0 Å². The van der Waals surface area contributed by atoms with Crippen LogP contribution >= 0.6 is 0 Å². The lowest BCUT2D eigenvalue weighted by Crippen LogP contribution is -2.39. The van der Waals surface area contributed by atoms with E-state index in [-0.39, 0.29) is 6.54 Å². The Morgan fingerprint density at radius 2 is 2.11 bits per heavy atom. The number of hydrogen-bond acceptors (Lipinski definition) is 3. The average molecular weight is 248 g/mol.